The predicted molar refractivity (Wildman–Crippen MR) is 36.1 cm³/mol. The summed E-state index contributed by atoms with van der Waals surface area (Å²) < 4.78 is 0. The molecule has 0 fully saturated rings. The minimum Gasteiger partial charge on any atom is -0.345 e. The van der Waals surface area contributed by atoms with Crippen molar-refractivity contribution in [1.82, 2.24) is 4.98 Å². The number of aromatic nitrogens is 1. The zero-order valence-electron chi connectivity index (χ0n) is 5.61. The summed E-state index contributed by atoms with van der Waals surface area (Å²) in [7, 11) is 0. The van der Waals surface area contributed by atoms with E-state index in [2.05, 4.69) is 15.0 Å². The van der Waals surface area contributed by atoms with E-state index in [0.717, 1.165) is 0 Å². The molecule has 5 nitrogen and oxygen atoms in total. The molecule has 1 unspecified atom stereocenters. The number of nitrogens with zero attached hydrogens (tertiary/aromatic N) is 2. The number of hydrogen-bond acceptors (Lipinski definition) is 3. The van der Waals surface area contributed by atoms with Crippen molar-refractivity contribution in [2.75, 3.05) is 0 Å². The Kier molecular flexibility index (Phi) is 1.13. The van der Waals surface area contributed by atoms with Crippen LogP contribution in [0.3, 0.4) is 0 Å². The number of carbonyl (C=O) groups is 1. The smallest absolute Gasteiger partial charge is 0.285 e. The normalized spacial score (nSPS) is 21.9. The molecule has 1 aromatic heterocycles. The Bertz CT molecular complexity index is 404. The number of rotatable bonds is 0. The van der Waals surface area contributed by atoms with E-state index in [0.29, 0.717) is 10.8 Å². The van der Waals surface area contributed by atoms with Gasteiger partial charge in [-0.05, 0) is 6.07 Å². The molecule has 56 valence electrons. The molecule has 0 bridgehead atoms. The minimum absolute atomic E-state index is 0.392. The summed E-state index contributed by atoms with van der Waals surface area (Å²) in [6.07, 6.45) is 0.837. The molecule has 1 atom stereocenters. The lowest BCUT2D eigenvalue weighted by atomic mass is 10.4. The quantitative estimate of drug-likeness (QED) is 0.452. The predicted octanol–water partition coefficient (Wildman–Crippen LogP) is -1.92. The zero-order chi connectivity index (χ0) is 7.84. The van der Waals surface area contributed by atoms with Crippen LogP contribution in [0.5, 0.6) is 0 Å². The van der Waals surface area contributed by atoms with E-state index in [4.69, 9.17) is 5.73 Å². The monoisotopic (exact) mass is 150 g/mol. The largest absolute Gasteiger partial charge is 0.345 e. The number of H-pyrrole nitrogens is 1. The molecule has 3 N–H and O–H groups in total. The van der Waals surface area contributed by atoms with Gasteiger partial charge in [0, 0.05) is 6.20 Å². The van der Waals surface area contributed by atoms with E-state index in [9.17, 15) is 4.79 Å². The highest BCUT2D eigenvalue weighted by molar-refractivity contribution is 5.82. The van der Waals surface area contributed by atoms with Gasteiger partial charge >= 0.3 is 0 Å². The number of fused-ring (bicyclic) bond motifs is 1. The van der Waals surface area contributed by atoms with Crippen LogP contribution in [0, 0.1) is 0 Å². The van der Waals surface area contributed by atoms with Crippen molar-refractivity contribution in [3.63, 3.8) is 0 Å². The van der Waals surface area contributed by atoms with Gasteiger partial charge in [0.05, 0.1) is 0 Å². The Morgan fingerprint density at radius 3 is 3.27 bits per heavy atom. The second-order valence-electron chi connectivity index (χ2n) is 2.24. The van der Waals surface area contributed by atoms with Crippen LogP contribution in [0.15, 0.2) is 22.2 Å². The van der Waals surface area contributed by atoms with Crippen molar-refractivity contribution in [3.8, 4) is 0 Å². The molecule has 1 aliphatic rings. The molecule has 5 heteroatoms. The Hall–Kier alpha value is -1.49. The lowest BCUT2D eigenvalue weighted by Crippen LogP contribution is -2.40. The van der Waals surface area contributed by atoms with Gasteiger partial charge in [-0.1, -0.05) is 0 Å². The molecule has 0 aliphatic carbocycles. The molecule has 1 aliphatic heterocycles. The molecule has 0 spiro atoms. The highest BCUT2D eigenvalue weighted by Crippen LogP contribution is 1.86. The molecule has 0 radical (unpaired) electrons. The van der Waals surface area contributed by atoms with Crippen molar-refractivity contribution in [2.24, 2.45) is 15.7 Å². The second kappa shape index (κ2) is 2.00. The molecular formula is C6H6N4O. The SMILES string of the molecule is NC1N=c2[nH]ccc2=NC1=O. The van der Waals surface area contributed by atoms with Crippen LogP contribution in [0.2, 0.25) is 0 Å². The fourth-order valence-corrected chi connectivity index (χ4v) is 0.925. The summed E-state index contributed by atoms with van der Waals surface area (Å²) >= 11 is 0. The Balaban J connectivity index is 2.78. The highest BCUT2D eigenvalue weighted by atomic mass is 16.2. The van der Waals surface area contributed by atoms with Gasteiger partial charge in [0.25, 0.3) is 5.91 Å². The fraction of sp³-hybridized carbons (Fsp3) is 0.167. The maximum atomic E-state index is 10.9. The molecule has 0 aromatic carbocycles. The third-order valence-electron chi connectivity index (χ3n) is 1.46. The maximum Gasteiger partial charge on any atom is 0.285 e. The average Bonchev–Trinajstić information content (AvgIpc) is 2.36. The summed E-state index contributed by atoms with van der Waals surface area (Å²) in [5.74, 6) is -0.392. The van der Waals surface area contributed by atoms with Crippen LogP contribution in [0.1, 0.15) is 0 Å². The van der Waals surface area contributed by atoms with Gasteiger partial charge in [0.15, 0.2) is 11.7 Å². The maximum absolute atomic E-state index is 10.9. The van der Waals surface area contributed by atoms with Gasteiger partial charge in [0.1, 0.15) is 5.36 Å². The van der Waals surface area contributed by atoms with Crippen LogP contribution in [0.25, 0.3) is 0 Å². The minimum atomic E-state index is -0.832. The number of carbonyl (C=O) groups excluding carboxylic acids is 1. The van der Waals surface area contributed by atoms with Gasteiger partial charge in [-0.25, -0.2) is 9.98 Å². The summed E-state index contributed by atoms with van der Waals surface area (Å²) in [6, 6.07) is 1.68. The fourth-order valence-electron chi connectivity index (χ4n) is 0.925. The van der Waals surface area contributed by atoms with E-state index in [1.807, 2.05) is 0 Å². The van der Waals surface area contributed by atoms with Crippen molar-refractivity contribution in [3.05, 3.63) is 23.1 Å². The van der Waals surface area contributed by atoms with Crippen LogP contribution in [-0.4, -0.2) is 17.1 Å². The third-order valence-corrected chi connectivity index (χ3v) is 1.46. The first-order chi connectivity index (χ1) is 5.27. The molecule has 0 saturated carbocycles. The standard InChI is InChI=1S/C6H6N4O/c7-4-6(11)9-3-1-2-8-5(3)10-4/h1-2,4H,7H2,(H,8,10). The summed E-state index contributed by atoms with van der Waals surface area (Å²) in [4.78, 5) is 21.2. The van der Waals surface area contributed by atoms with Crippen molar-refractivity contribution in [1.29, 1.82) is 0 Å². The molecule has 1 amide bonds. The van der Waals surface area contributed by atoms with E-state index in [1.165, 1.54) is 0 Å². The summed E-state index contributed by atoms with van der Waals surface area (Å²) in [5.41, 5.74) is 5.90. The van der Waals surface area contributed by atoms with Gasteiger partial charge in [-0.15, -0.1) is 0 Å². The number of amides is 1. The number of hydrogen-bond donors (Lipinski definition) is 2. The first-order valence-electron chi connectivity index (χ1n) is 3.17. The molecule has 11 heavy (non-hydrogen) atoms. The lowest BCUT2D eigenvalue weighted by molar-refractivity contribution is -0.119. The van der Waals surface area contributed by atoms with E-state index in [-0.39, 0.29) is 0 Å². The van der Waals surface area contributed by atoms with Crippen LogP contribution < -0.4 is 16.6 Å². The van der Waals surface area contributed by atoms with Crippen LogP contribution >= 0.6 is 0 Å². The second-order valence-corrected chi connectivity index (χ2v) is 2.24. The molecule has 0 saturated heterocycles. The van der Waals surface area contributed by atoms with Crippen molar-refractivity contribution < 1.29 is 4.79 Å². The first kappa shape index (κ1) is 6.23. The molecular weight excluding hydrogens is 144 g/mol. The Labute approximate surface area is 61.7 Å². The summed E-state index contributed by atoms with van der Waals surface area (Å²) in [5, 5.41) is 0.566. The highest BCUT2D eigenvalue weighted by Gasteiger charge is 2.13. The van der Waals surface area contributed by atoms with Crippen molar-refractivity contribution >= 4 is 5.91 Å². The van der Waals surface area contributed by atoms with Gasteiger partial charge in [-0.2, -0.15) is 0 Å². The Morgan fingerprint density at radius 1 is 1.64 bits per heavy atom. The van der Waals surface area contributed by atoms with Crippen LogP contribution in [0.4, 0.5) is 0 Å². The van der Waals surface area contributed by atoms with E-state index < -0.39 is 12.1 Å². The zero-order valence-corrected chi connectivity index (χ0v) is 5.61. The first-order valence-corrected chi connectivity index (χ1v) is 3.17. The molecule has 1 aromatic rings. The molecule has 2 rings (SSSR count). The Morgan fingerprint density at radius 2 is 2.45 bits per heavy atom. The van der Waals surface area contributed by atoms with Gasteiger partial charge in [-0.3, -0.25) is 4.79 Å². The third kappa shape index (κ3) is 0.857. The number of nitrogens with two attached hydrogens (primary N) is 1. The lowest BCUT2D eigenvalue weighted by Gasteiger charge is -2.01. The van der Waals surface area contributed by atoms with E-state index in [1.54, 1.807) is 12.3 Å². The summed E-state index contributed by atoms with van der Waals surface area (Å²) in [6.45, 7) is 0. The van der Waals surface area contributed by atoms with E-state index >= 15 is 0 Å². The number of aromatic amines is 1. The van der Waals surface area contributed by atoms with Gasteiger partial charge in [0.2, 0.25) is 0 Å². The van der Waals surface area contributed by atoms with Crippen molar-refractivity contribution in [2.45, 2.75) is 6.17 Å². The topological polar surface area (TPSA) is 83.6 Å². The van der Waals surface area contributed by atoms with Gasteiger partial charge < -0.3 is 10.7 Å². The van der Waals surface area contributed by atoms with Crippen LogP contribution in [-0.2, 0) is 4.79 Å². The number of nitrogens with one attached hydrogen (secondary N) is 1. The average molecular weight is 150 g/mol. The molecule has 2 heterocycles.